The maximum Gasteiger partial charge on any atom is 0.208 e. The fourth-order valence-corrected chi connectivity index (χ4v) is 2.11. The van der Waals surface area contributed by atoms with E-state index in [9.17, 15) is 13.5 Å². The third kappa shape index (κ3) is 5.46. The molecule has 0 saturated carbocycles. The van der Waals surface area contributed by atoms with Gasteiger partial charge in [0.2, 0.25) is 10.0 Å². The number of methoxy groups -OCH3 is 1. The van der Waals surface area contributed by atoms with Crippen LogP contribution in [0.4, 0.5) is 0 Å². The predicted molar refractivity (Wildman–Crippen MR) is 73.9 cm³/mol. The van der Waals surface area contributed by atoms with Gasteiger partial charge in [-0.05, 0) is 25.1 Å². The Morgan fingerprint density at radius 3 is 2.63 bits per heavy atom. The van der Waals surface area contributed by atoms with Gasteiger partial charge in [0.25, 0.3) is 0 Å². The molecule has 0 aliphatic carbocycles. The molecule has 0 aliphatic heterocycles. The lowest BCUT2D eigenvalue weighted by molar-refractivity contribution is 0.407. The third-order valence-electron chi connectivity index (χ3n) is 2.64. The first-order valence-corrected chi connectivity index (χ1v) is 7.77. The zero-order valence-electron chi connectivity index (χ0n) is 11.3. The predicted octanol–water partition coefficient (Wildman–Crippen LogP) is 0.601. The number of sulfonamides is 1. The Morgan fingerprint density at radius 2 is 2.05 bits per heavy atom. The fourth-order valence-electron chi connectivity index (χ4n) is 1.64. The van der Waals surface area contributed by atoms with E-state index < -0.39 is 10.0 Å². The van der Waals surface area contributed by atoms with Gasteiger partial charge < -0.3 is 15.2 Å². The van der Waals surface area contributed by atoms with E-state index >= 15 is 0 Å². The molecule has 0 bridgehead atoms. The van der Waals surface area contributed by atoms with Gasteiger partial charge in [0, 0.05) is 24.7 Å². The Bertz CT molecular complexity index is 516. The second kappa shape index (κ2) is 6.74. The molecule has 7 heteroatoms. The number of nitrogens with one attached hydrogen (secondary N) is 2. The fraction of sp³-hybridized carbons (Fsp3) is 0.500. The molecule has 0 aliphatic rings. The molecule has 0 spiro atoms. The first-order chi connectivity index (χ1) is 8.83. The number of phenols is 1. The summed E-state index contributed by atoms with van der Waals surface area (Å²) >= 11 is 0. The Kier molecular flexibility index (Phi) is 5.59. The Hall–Kier alpha value is -1.31. The second-order valence-corrected chi connectivity index (χ2v) is 6.10. The average Bonchev–Trinajstić information content (AvgIpc) is 2.34. The molecule has 6 nitrogen and oxygen atoms in total. The van der Waals surface area contributed by atoms with Crippen LogP contribution in [0.15, 0.2) is 18.2 Å². The van der Waals surface area contributed by atoms with Crippen molar-refractivity contribution in [3.8, 4) is 11.5 Å². The highest BCUT2D eigenvalue weighted by atomic mass is 32.2. The van der Waals surface area contributed by atoms with E-state index in [4.69, 9.17) is 4.74 Å². The monoisotopic (exact) mass is 288 g/mol. The summed E-state index contributed by atoms with van der Waals surface area (Å²) in [5.41, 5.74) is 0.707. The smallest absolute Gasteiger partial charge is 0.208 e. The average molecular weight is 288 g/mol. The molecule has 3 N–H and O–H groups in total. The van der Waals surface area contributed by atoms with Gasteiger partial charge in [0.15, 0.2) is 0 Å². The quantitative estimate of drug-likeness (QED) is 0.640. The highest BCUT2D eigenvalue weighted by Crippen LogP contribution is 2.27. The molecule has 19 heavy (non-hydrogen) atoms. The van der Waals surface area contributed by atoms with Crippen LogP contribution >= 0.6 is 0 Å². The highest BCUT2D eigenvalue weighted by molar-refractivity contribution is 7.88. The number of hydrogen-bond acceptors (Lipinski definition) is 5. The zero-order valence-corrected chi connectivity index (χ0v) is 12.1. The summed E-state index contributed by atoms with van der Waals surface area (Å²) in [5, 5.41) is 12.9. The number of aromatic hydroxyl groups is 1. The Labute approximate surface area is 113 Å². The van der Waals surface area contributed by atoms with Crippen LogP contribution in [-0.2, 0) is 10.0 Å². The normalized spacial score (nSPS) is 13.2. The van der Waals surface area contributed by atoms with Crippen LogP contribution in [0, 0.1) is 0 Å². The van der Waals surface area contributed by atoms with Gasteiger partial charge in [-0.15, -0.1) is 0 Å². The van der Waals surface area contributed by atoms with Crippen LogP contribution in [-0.4, -0.2) is 40.0 Å². The van der Waals surface area contributed by atoms with Crippen molar-refractivity contribution in [3.63, 3.8) is 0 Å². The summed E-state index contributed by atoms with van der Waals surface area (Å²) in [4.78, 5) is 0. The lowest BCUT2D eigenvalue weighted by Crippen LogP contribution is -2.32. The van der Waals surface area contributed by atoms with E-state index in [-0.39, 0.29) is 11.8 Å². The molecule has 0 heterocycles. The van der Waals surface area contributed by atoms with Gasteiger partial charge in [0.1, 0.15) is 11.5 Å². The molecule has 1 aromatic rings. The van der Waals surface area contributed by atoms with E-state index in [1.54, 1.807) is 25.3 Å². The minimum absolute atomic E-state index is 0.114. The van der Waals surface area contributed by atoms with Crippen molar-refractivity contribution in [2.75, 3.05) is 26.5 Å². The molecule has 1 rings (SSSR count). The summed E-state index contributed by atoms with van der Waals surface area (Å²) in [7, 11) is -1.61. The number of phenolic OH excluding ortho intramolecular Hbond substituents is 1. The van der Waals surface area contributed by atoms with Crippen molar-refractivity contribution in [1.82, 2.24) is 10.0 Å². The minimum Gasteiger partial charge on any atom is -0.508 e. The molecule has 0 amide bonds. The molecule has 1 aromatic carbocycles. The molecular formula is C12H20N2O4S. The first kappa shape index (κ1) is 15.7. The molecular weight excluding hydrogens is 268 g/mol. The van der Waals surface area contributed by atoms with Gasteiger partial charge >= 0.3 is 0 Å². The maximum atomic E-state index is 10.9. The Balaban J connectivity index is 2.56. The molecule has 0 fully saturated rings. The summed E-state index contributed by atoms with van der Waals surface area (Å²) in [6, 6.07) is 4.88. The van der Waals surface area contributed by atoms with Gasteiger partial charge in [-0.2, -0.15) is 0 Å². The molecule has 108 valence electrons. The largest absolute Gasteiger partial charge is 0.508 e. The summed E-state index contributed by atoms with van der Waals surface area (Å²) < 4.78 is 29.3. The summed E-state index contributed by atoms with van der Waals surface area (Å²) in [6.07, 6.45) is 1.12. The van der Waals surface area contributed by atoms with Crippen LogP contribution in [0.5, 0.6) is 11.5 Å². The van der Waals surface area contributed by atoms with Gasteiger partial charge in [-0.1, -0.05) is 0 Å². The van der Waals surface area contributed by atoms with Crippen molar-refractivity contribution in [1.29, 1.82) is 0 Å². The lowest BCUT2D eigenvalue weighted by atomic mass is 10.1. The van der Waals surface area contributed by atoms with E-state index in [0.717, 1.165) is 6.26 Å². The second-order valence-electron chi connectivity index (χ2n) is 4.27. The highest BCUT2D eigenvalue weighted by Gasteiger charge is 2.11. The molecule has 0 saturated heterocycles. The first-order valence-electron chi connectivity index (χ1n) is 5.88. The van der Waals surface area contributed by atoms with Crippen LogP contribution < -0.4 is 14.8 Å². The van der Waals surface area contributed by atoms with Crippen molar-refractivity contribution >= 4 is 10.0 Å². The van der Waals surface area contributed by atoms with Crippen LogP contribution in [0.1, 0.15) is 18.5 Å². The Morgan fingerprint density at radius 1 is 1.37 bits per heavy atom. The SMILES string of the molecule is COc1ccc(O)c(C(C)NCCNS(C)(=O)=O)c1. The van der Waals surface area contributed by atoms with E-state index in [1.807, 2.05) is 6.92 Å². The number of benzene rings is 1. The zero-order chi connectivity index (χ0) is 14.5. The van der Waals surface area contributed by atoms with Gasteiger partial charge in [0.05, 0.1) is 13.4 Å². The molecule has 1 atom stereocenters. The van der Waals surface area contributed by atoms with Crippen molar-refractivity contribution in [3.05, 3.63) is 23.8 Å². The van der Waals surface area contributed by atoms with Crippen LogP contribution in [0.2, 0.25) is 0 Å². The minimum atomic E-state index is -3.16. The summed E-state index contributed by atoms with van der Waals surface area (Å²) in [6.45, 7) is 2.65. The molecule has 1 unspecified atom stereocenters. The number of rotatable bonds is 7. The number of ether oxygens (including phenoxy) is 1. The van der Waals surface area contributed by atoms with Crippen molar-refractivity contribution < 1.29 is 18.3 Å². The molecule has 0 radical (unpaired) electrons. The molecule has 0 aromatic heterocycles. The van der Waals surface area contributed by atoms with Crippen LogP contribution in [0.3, 0.4) is 0 Å². The van der Waals surface area contributed by atoms with Gasteiger partial charge in [-0.3, -0.25) is 0 Å². The van der Waals surface area contributed by atoms with Crippen molar-refractivity contribution in [2.24, 2.45) is 0 Å². The summed E-state index contributed by atoms with van der Waals surface area (Å²) in [5.74, 6) is 0.840. The maximum absolute atomic E-state index is 10.9. The van der Waals surface area contributed by atoms with Crippen molar-refractivity contribution in [2.45, 2.75) is 13.0 Å². The van der Waals surface area contributed by atoms with Crippen LogP contribution in [0.25, 0.3) is 0 Å². The standard InChI is InChI=1S/C12H20N2O4S/c1-9(13-6-7-14-19(3,16)17)11-8-10(18-2)4-5-12(11)15/h4-5,8-9,13-15H,6-7H2,1-3H3. The topological polar surface area (TPSA) is 87.7 Å². The van der Waals surface area contributed by atoms with E-state index in [1.165, 1.54) is 0 Å². The van der Waals surface area contributed by atoms with E-state index in [2.05, 4.69) is 10.0 Å². The third-order valence-corrected chi connectivity index (χ3v) is 3.37. The van der Waals surface area contributed by atoms with Gasteiger partial charge in [-0.25, -0.2) is 13.1 Å². The van der Waals surface area contributed by atoms with E-state index in [0.29, 0.717) is 24.4 Å². The lowest BCUT2D eigenvalue weighted by Gasteiger charge is -2.16. The number of hydrogen-bond donors (Lipinski definition) is 3.